The van der Waals surface area contributed by atoms with Crippen molar-refractivity contribution >= 4 is 35.5 Å². The van der Waals surface area contributed by atoms with E-state index < -0.39 is 36.0 Å². The van der Waals surface area contributed by atoms with Gasteiger partial charge in [-0.15, -0.1) is 0 Å². The summed E-state index contributed by atoms with van der Waals surface area (Å²) >= 11 is 0. The number of piperidine rings is 1. The van der Waals surface area contributed by atoms with Crippen LogP contribution in [0.1, 0.15) is 116 Å². The highest BCUT2D eigenvalue weighted by Crippen LogP contribution is 2.29. The fourth-order valence-corrected chi connectivity index (χ4v) is 7.07. The first-order valence-electron chi connectivity index (χ1n) is 18.1. The summed E-state index contributed by atoms with van der Waals surface area (Å²) in [5.41, 5.74) is 2.82. The van der Waals surface area contributed by atoms with Crippen molar-refractivity contribution in [3.63, 3.8) is 0 Å². The maximum atomic E-state index is 14.2. The van der Waals surface area contributed by atoms with Gasteiger partial charge in [-0.2, -0.15) is 4.73 Å². The molecule has 1 aliphatic carbocycles. The number of hydrogen-bond donors (Lipinski definition) is 3. The molecule has 0 bridgehead atoms. The molecule has 0 saturated carbocycles. The molecule has 266 valence electrons. The minimum absolute atomic E-state index is 0.0233. The number of Topliss-reactive ketones (excluding diaryl/α,β-unsaturated/α-hetero) is 1. The topological polar surface area (TPSA) is 139 Å². The van der Waals surface area contributed by atoms with E-state index in [1.807, 2.05) is 40.0 Å². The summed E-state index contributed by atoms with van der Waals surface area (Å²) in [5, 5.41) is 8.99. The Morgan fingerprint density at radius 3 is 2.38 bits per heavy atom. The predicted molar refractivity (Wildman–Crippen MR) is 185 cm³/mol. The molecule has 3 heterocycles. The zero-order valence-electron chi connectivity index (χ0n) is 29.8. The molecule has 0 spiro atoms. The molecule has 3 aliphatic rings. The van der Waals surface area contributed by atoms with E-state index in [2.05, 4.69) is 29.0 Å². The Hall–Kier alpha value is -3.63. The van der Waals surface area contributed by atoms with Crippen LogP contribution in [0.25, 0.3) is 6.08 Å². The average Bonchev–Trinajstić information content (AvgIpc) is 3.42. The van der Waals surface area contributed by atoms with Crippen molar-refractivity contribution in [1.82, 2.24) is 25.6 Å². The smallest absolute Gasteiger partial charge is 0.246 e. The first-order valence-corrected chi connectivity index (χ1v) is 18.1. The first kappa shape index (κ1) is 37.2. The third-order valence-electron chi connectivity index (χ3n) is 10.4. The van der Waals surface area contributed by atoms with Gasteiger partial charge in [0, 0.05) is 37.1 Å². The fourth-order valence-electron chi connectivity index (χ4n) is 7.07. The molecular formula is C37H57N5O6. The molecule has 1 aromatic rings. The number of nitrogens with zero attached hydrogens (tertiary/aromatic N) is 2. The van der Waals surface area contributed by atoms with Crippen LogP contribution in [0.15, 0.2) is 12.3 Å². The van der Waals surface area contributed by atoms with Crippen molar-refractivity contribution < 1.29 is 28.8 Å². The standard InChI is InChI=1S/C37H57N5O6/c1-7-25(5)33-37(47)41-19-13-12-15-30(41)36(46)38-28(14-10-8-9-11-16-32(43)23(2)3)34(44)39-29(35(45)40-33)21-26-22-42(48-6)31-20-24(4)17-18-27(26)31/h17-18,22-25,28-30,33H,7-16,19-21H2,1-6H3,(H,38,46)(H,39,44)(H,40,45)/t24?,25-,28?,29-,30?,33?/m0/s1. The van der Waals surface area contributed by atoms with Crippen LogP contribution < -0.4 is 20.8 Å². The van der Waals surface area contributed by atoms with Crippen molar-refractivity contribution in [2.24, 2.45) is 17.8 Å². The Labute approximate surface area is 285 Å². The third kappa shape index (κ3) is 9.08. The molecule has 0 radical (unpaired) electrons. The number of ketones is 1. The summed E-state index contributed by atoms with van der Waals surface area (Å²) in [6.45, 7) is 10.3. The number of amides is 4. The van der Waals surface area contributed by atoms with Gasteiger partial charge in [0.15, 0.2) is 0 Å². The van der Waals surface area contributed by atoms with Crippen LogP contribution in [-0.2, 0) is 36.8 Å². The van der Waals surface area contributed by atoms with Crippen LogP contribution in [-0.4, -0.2) is 76.9 Å². The van der Waals surface area contributed by atoms with Crippen LogP contribution in [0.2, 0.25) is 0 Å². The summed E-state index contributed by atoms with van der Waals surface area (Å²) in [6, 6.07) is -3.38. The van der Waals surface area contributed by atoms with Gasteiger partial charge in [-0.1, -0.05) is 72.5 Å². The number of aromatic nitrogens is 1. The highest BCUT2D eigenvalue weighted by Gasteiger charge is 2.41. The Morgan fingerprint density at radius 2 is 1.67 bits per heavy atom. The average molecular weight is 668 g/mol. The van der Waals surface area contributed by atoms with E-state index in [4.69, 9.17) is 4.84 Å². The molecule has 11 heteroatoms. The Balaban J connectivity index is 1.62. The van der Waals surface area contributed by atoms with E-state index in [9.17, 15) is 24.0 Å². The summed E-state index contributed by atoms with van der Waals surface area (Å²) in [7, 11) is 1.60. The van der Waals surface area contributed by atoms with E-state index in [1.165, 1.54) is 0 Å². The SMILES string of the molecule is CC[C@H](C)C1NC(=O)[C@H](Cc2cn(OC)c3c2C=CC(C)C3)NC(=O)C(CCCCCCC(=O)C(C)C)NC(=O)C2CCCCN2C1=O. The van der Waals surface area contributed by atoms with Crippen molar-refractivity contribution in [1.29, 1.82) is 0 Å². The molecule has 0 aromatic carbocycles. The van der Waals surface area contributed by atoms with Gasteiger partial charge in [0.1, 0.15) is 37.1 Å². The second-order valence-corrected chi connectivity index (χ2v) is 14.4. The normalized spacial score (nSPS) is 25.6. The number of unbranched alkanes of at least 4 members (excludes halogenated alkanes) is 3. The highest BCUT2D eigenvalue weighted by molar-refractivity contribution is 5.98. The minimum Gasteiger partial charge on any atom is -0.417 e. The van der Waals surface area contributed by atoms with Crippen LogP contribution in [0.3, 0.4) is 0 Å². The molecular weight excluding hydrogens is 610 g/mol. The number of carbonyl (C=O) groups excluding carboxylic acids is 5. The molecule has 1 aromatic heterocycles. The lowest BCUT2D eigenvalue weighted by molar-refractivity contribution is -0.147. The van der Waals surface area contributed by atoms with Crippen molar-refractivity contribution in [2.75, 3.05) is 13.7 Å². The Bertz CT molecular complexity index is 1350. The largest absolute Gasteiger partial charge is 0.417 e. The van der Waals surface area contributed by atoms with Crippen molar-refractivity contribution in [2.45, 2.75) is 136 Å². The molecule has 2 aliphatic heterocycles. The van der Waals surface area contributed by atoms with E-state index in [0.29, 0.717) is 44.6 Å². The summed E-state index contributed by atoms with van der Waals surface area (Å²) < 4.78 is 1.72. The number of carbonyl (C=O) groups is 5. The molecule has 3 N–H and O–H groups in total. The number of allylic oxidation sites excluding steroid dienone is 1. The van der Waals surface area contributed by atoms with Gasteiger partial charge in [0.2, 0.25) is 23.6 Å². The van der Waals surface area contributed by atoms with Gasteiger partial charge in [0.25, 0.3) is 0 Å². The molecule has 4 amide bonds. The predicted octanol–water partition coefficient (Wildman–Crippen LogP) is 3.76. The maximum Gasteiger partial charge on any atom is 0.246 e. The van der Waals surface area contributed by atoms with Gasteiger partial charge in [0.05, 0.1) is 5.69 Å². The molecule has 2 fully saturated rings. The van der Waals surface area contributed by atoms with Gasteiger partial charge < -0.3 is 25.7 Å². The van der Waals surface area contributed by atoms with E-state index in [-0.39, 0.29) is 35.9 Å². The summed E-state index contributed by atoms with van der Waals surface area (Å²) in [4.78, 5) is 75.4. The van der Waals surface area contributed by atoms with Gasteiger partial charge >= 0.3 is 0 Å². The number of rotatable bonds is 13. The summed E-state index contributed by atoms with van der Waals surface area (Å²) in [5.74, 6) is -1.01. The number of nitrogens with one attached hydrogen (secondary N) is 3. The molecule has 6 atom stereocenters. The summed E-state index contributed by atoms with van der Waals surface area (Å²) in [6.07, 6.45) is 13.8. The molecule has 4 unspecified atom stereocenters. The number of hydrogen-bond acceptors (Lipinski definition) is 6. The second-order valence-electron chi connectivity index (χ2n) is 14.4. The van der Waals surface area contributed by atoms with Crippen LogP contribution in [0, 0.1) is 17.8 Å². The van der Waals surface area contributed by atoms with Crippen molar-refractivity contribution in [3.8, 4) is 0 Å². The van der Waals surface area contributed by atoms with Gasteiger partial charge in [-0.05, 0) is 55.9 Å². The van der Waals surface area contributed by atoms with Crippen molar-refractivity contribution in [3.05, 3.63) is 29.1 Å². The van der Waals surface area contributed by atoms with Crippen LogP contribution >= 0.6 is 0 Å². The number of fused-ring (bicyclic) bond motifs is 2. The lowest BCUT2D eigenvalue weighted by Gasteiger charge is -2.39. The second kappa shape index (κ2) is 17.2. The van der Waals surface area contributed by atoms with Gasteiger partial charge in [-0.3, -0.25) is 24.0 Å². The first-order chi connectivity index (χ1) is 22.9. The zero-order valence-corrected chi connectivity index (χ0v) is 29.8. The third-order valence-corrected chi connectivity index (χ3v) is 10.4. The van der Waals surface area contributed by atoms with Crippen LogP contribution in [0.5, 0.6) is 0 Å². The maximum absolute atomic E-state index is 14.2. The van der Waals surface area contributed by atoms with E-state index >= 15 is 0 Å². The molecule has 4 rings (SSSR count). The molecule has 48 heavy (non-hydrogen) atoms. The molecule has 11 nitrogen and oxygen atoms in total. The lowest BCUT2D eigenvalue weighted by Crippen LogP contribution is -2.64. The monoisotopic (exact) mass is 667 g/mol. The quantitative estimate of drug-likeness (QED) is 0.274. The lowest BCUT2D eigenvalue weighted by atomic mass is 9.91. The van der Waals surface area contributed by atoms with E-state index in [0.717, 1.165) is 55.3 Å². The van der Waals surface area contributed by atoms with Gasteiger partial charge in [-0.25, -0.2) is 0 Å². The highest BCUT2D eigenvalue weighted by atomic mass is 16.6. The van der Waals surface area contributed by atoms with E-state index in [1.54, 1.807) is 16.7 Å². The van der Waals surface area contributed by atoms with Crippen LogP contribution in [0.4, 0.5) is 0 Å². The Kier molecular flexibility index (Phi) is 13.3. The minimum atomic E-state index is -0.987. The molecule has 2 saturated heterocycles. The Morgan fingerprint density at radius 1 is 0.958 bits per heavy atom. The fraction of sp³-hybridized carbons (Fsp3) is 0.703. The zero-order chi connectivity index (χ0) is 35.0.